The molecule has 3 rings (SSSR count). The second-order valence-corrected chi connectivity index (χ2v) is 7.08. The first-order valence-electron chi connectivity index (χ1n) is 8.52. The molecule has 0 aliphatic carbocycles. The third-order valence-corrected chi connectivity index (χ3v) is 4.79. The number of anilines is 2. The number of aromatic nitrogens is 1. The zero-order valence-electron chi connectivity index (χ0n) is 15.1. The smallest absolute Gasteiger partial charge is 0.309 e. The highest BCUT2D eigenvalue weighted by Crippen LogP contribution is 2.30. The topological polar surface area (TPSA) is 63.1 Å². The van der Waals surface area contributed by atoms with E-state index in [2.05, 4.69) is 10.6 Å². The summed E-state index contributed by atoms with van der Waals surface area (Å²) in [4.78, 5) is 24.8. The number of carbonyl (C=O) groups excluding carboxylic acids is 1. The second kappa shape index (κ2) is 8.81. The van der Waals surface area contributed by atoms with Crippen LogP contribution in [0.15, 0.2) is 65.6 Å². The van der Waals surface area contributed by atoms with E-state index in [4.69, 9.17) is 23.2 Å². The molecule has 1 heterocycles. The van der Waals surface area contributed by atoms with Crippen LogP contribution in [-0.2, 0) is 12.7 Å². The number of alkyl halides is 3. The SMILES string of the molecule is O=C(Nc1cccc(C(F)(F)F)c1)Nc1cccn(Cc2ccc(Cl)c(Cl)c2)c1=O. The maximum absolute atomic E-state index is 12.8. The molecule has 0 radical (unpaired) electrons. The number of halogens is 5. The Bertz CT molecular complexity index is 1150. The minimum atomic E-state index is -4.54. The monoisotopic (exact) mass is 455 g/mol. The van der Waals surface area contributed by atoms with Crippen molar-refractivity contribution in [2.45, 2.75) is 12.7 Å². The van der Waals surface area contributed by atoms with E-state index in [0.29, 0.717) is 10.0 Å². The lowest BCUT2D eigenvalue weighted by Gasteiger charge is -2.12. The number of hydrogen-bond acceptors (Lipinski definition) is 2. The van der Waals surface area contributed by atoms with Crippen LogP contribution in [-0.4, -0.2) is 10.6 Å². The molecule has 0 spiro atoms. The van der Waals surface area contributed by atoms with Gasteiger partial charge in [0.15, 0.2) is 0 Å². The van der Waals surface area contributed by atoms with E-state index in [1.54, 1.807) is 24.3 Å². The summed E-state index contributed by atoms with van der Waals surface area (Å²) in [5.74, 6) is 0. The molecular formula is C20H14Cl2F3N3O2. The Morgan fingerprint density at radius 3 is 2.43 bits per heavy atom. The summed E-state index contributed by atoms with van der Waals surface area (Å²) in [6.45, 7) is 0.181. The van der Waals surface area contributed by atoms with E-state index in [1.165, 1.54) is 29.0 Å². The molecule has 1 aromatic heterocycles. The van der Waals surface area contributed by atoms with Crippen molar-refractivity contribution in [1.82, 2.24) is 4.57 Å². The predicted molar refractivity (Wildman–Crippen MR) is 110 cm³/mol. The molecule has 0 saturated heterocycles. The fourth-order valence-electron chi connectivity index (χ4n) is 2.65. The number of urea groups is 1. The Balaban J connectivity index is 1.74. The van der Waals surface area contributed by atoms with E-state index in [0.717, 1.165) is 17.7 Å². The number of pyridine rings is 1. The summed E-state index contributed by atoms with van der Waals surface area (Å²) < 4.78 is 39.7. The van der Waals surface area contributed by atoms with Crippen molar-refractivity contribution in [3.8, 4) is 0 Å². The van der Waals surface area contributed by atoms with Crippen LogP contribution in [0.1, 0.15) is 11.1 Å². The molecule has 0 aliphatic rings. The van der Waals surface area contributed by atoms with Crippen LogP contribution >= 0.6 is 23.2 Å². The first-order chi connectivity index (χ1) is 14.1. The number of rotatable bonds is 4. The van der Waals surface area contributed by atoms with Crippen LogP contribution in [0, 0.1) is 0 Å². The van der Waals surface area contributed by atoms with Gasteiger partial charge in [-0.25, -0.2) is 4.79 Å². The second-order valence-electron chi connectivity index (χ2n) is 6.26. The molecule has 0 unspecified atom stereocenters. The minimum Gasteiger partial charge on any atom is -0.309 e. The first kappa shape index (κ1) is 21.7. The lowest BCUT2D eigenvalue weighted by Crippen LogP contribution is -2.28. The molecule has 0 atom stereocenters. The van der Waals surface area contributed by atoms with E-state index < -0.39 is 23.3 Å². The highest BCUT2D eigenvalue weighted by atomic mass is 35.5. The maximum Gasteiger partial charge on any atom is 0.416 e. The average Bonchev–Trinajstić information content (AvgIpc) is 2.67. The third kappa shape index (κ3) is 5.34. The van der Waals surface area contributed by atoms with Crippen molar-refractivity contribution < 1.29 is 18.0 Å². The minimum absolute atomic E-state index is 0.0398. The van der Waals surface area contributed by atoms with E-state index in [9.17, 15) is 22.8 Å². The summed E-state index contributed by atoms with van der Waals surface area (Å²) in [5, 5.41) is 5.36. The molecule has 10 heteroatoms. The number of nitrogens with one attached hydrogen (secondary N) is 2. The predicted octanol–water partition coefficient (Wildman–Crippen LogP) is 5.87. The molecule has 2 N–H and O–H groups in total. The highest BCUT2D eigenvalue weighted by molar-refractivity contribution is 6.42. The molecule has 0 saturated carbocycles. The lowest BCUT2D eigenvalue weighted by molar-refractivity contribution is -0.137. The fourth-order valence-corrected chi connectivity index (χ4v) is 2.97. The molecule has 0 aliphatic heterocycles. The number of nitrogens with zero attached hydrogens (tertiary/aromatic N) is 1. The lowest BCUT2D eigenvalue weighted by atomic mass is 10.2. The summed E-state index contributed by atoms with van der Waals surface area (Å²) in [6, 6.07) is 11.2. The van der Waals surface area contributed by atoms with Gasteiger partial charge >= 0.3 is 12.2 Å². The van der Waals surface area contributed by atoms with Crippen LogP contribution in [0.25, 0.3) is 0 Å². The van der Waals surface area contributed by atoms with Gasteiger partial charge in [0, 0.05) is 11.9 Å². The molecule has 2 amide bonds. The van der Waals surface area contributed by atoms with E-state index in [1.807, 2.05) is 0 Å². The third-order valence-electron chi connectivity index (χ3n) is 4.05. The Kier molecular flexibility index (Phi) is 6.38. The van der Waals surface area contributed by atoms with Crippen molar-refractivity contribution in [2.24, 2.45) is 0 Å². The van der Waals surface area contributed by atoms with Gasteiger partial charge in [-0.3, -0.25) is 4.79 Å². The normalized spacial score (nSPS) is 11.2. The van der Waals surface area contributed by atoms with Gasteiger partial charge in [0.25, 0.3) is 5.56 Å². The van der Waals surface area contributed by atoms with Gasteiger partial charge in [0.1, 0.15) is 5.69 Å². The molecule has 5 nitrogen and oxygen atoms in total. The summed E-state index contributed by atoms with van der Waals surface area (Å²) in [6.07, 6.45) is -3.01. The fraction of sp³-hybridized carbons (Fsp3) is 0.100. The van der Waals surface area contributed by atoms with Gasteiger partial charge in [-0.05, 0) is 48.0 Å². The standard InChI is InChI=1S/C20H14Cl2F3N3O2/c21-15-7-6-12(9-16(15)22)11-28-8-2-5-17(18(28)29)27-19(30)26-14-4-1-3-13(10-14)20(23,24)25/h1-10H,11H2,(H2,26,27,30). The first-order valence-corrected chi connectivity index (χ1v) is 9.28. The van der Waals surface area contributed by atoms with Crippen LogP contribution in [0.5, 0.6) is 0 Å². The highest BCUT2D eigenvalue weighted by Gasteiger charge is 2.30. The quantitative estimate of drug-likeness (QED) is 0.516. The van der Waals surface area contributed by atoms with Gasteiger partial charge in [-0.1, -0.05) is 35.3 Å². The molecule has 0 fully saturated rings. The molecule has 0 bridgehead atoms. The largest absolute Gasteiger partial charge is 0.416 e. The van der Waals surface area contributed by atoms with Crippen LogP contribution in [0.4, 0.5) is 29.3 Å². The van der Waals surface area contributed by atoms with Gasteiger partial charge in [-0.15, -0.1) is 0 Å². The van der Waals surface area contributed by atoms with Gasteiger partial charge in [0.2, 0.25) is 0 Å². The van der Waals surface area contributed by atoms with Gasteiger partial charge in [-0.2, -0.15) is 13.2 Å². The number of benzene rings is 2. The van der Waals surface area contributed by atoms with E-state index >= 15 is 0 Å². The Hall–Kier alpha value is -2.97. The molecule has 2 aromatic carbocycles. The van der Waals surface area contributed by atoms with Crippen LogP contribution < -0.4 is 16.2 Å². The van der Waals surface area contributed by atoms with Crippen molar-refractivity contribution >= 4 is 40.6 Å². The Morgan fingerprint density at radius 2 is 1.73 bits per heavy atom. The summed E-state index contributed by atoms with van der Waals surface area (Å²) in [5.41, 5.74) is -0.778. The zero-order chi connectivity index (χ0) is 21.9. The summed E-state index contributed by atoms with van der Waals surface area (Å²) >= 11 is 11.9. The van der Waals surface area contributed by atoms with Crippen molar-refractivity contribution in [1.29, 1.82) is 0 Å². The number of amides is 2. The molecular weight excluding hydrogens is 442 g/mol. The summed E-state index contributed by atoms with van der Waals surface area (Å²) in [7, 11) is 0. The van der Waals surface area contributed by atoms with Crippen molar-refractivity contribution in [2.75, 3.05) is 10.6 Å². The van der Waals surface area contributed by atoms with E-state index in [-0.39, 0.29) is 17.9 Å². The van der Waals surface area contributed by atoms with Crippen LogP contribution in [0.2, 0.25) is 10.0 Å². The van der Waals surface area contributed by atoms with Crippen LogP contribution in [0.3, 0.4) is 0 Å². The average molecular weight is 456 g/mol. The molecule has 3 aromatic rings. The van der Waals surface area contributed by atoms with Gasteiger partial charge < -0.3 is 15.2 Å². The maximum atomic E-state index is 12.8. The van der Waals surface area contributed by atoms with Crippen molar-refractivity contribution in [3.63, 3.8) is 0 Å². The zero-order valence-corrected chi connectivity index (χ0v) is 16.6. The molecule has 156 valence electrons. The number of hydrogen-bond donors (Lipinski definition) is 2. The van der Waals surface area contributed by atoms with Gasteiger partial charge in [0.05, 0.1) is 22.2 Å². The van der Waals surface area contributed by atoms with Crippen molar-refractivity contribution in [3.05, 3.63) is 92.3 Å². The molecule has 30 heavy (non-hydrogen) atoms. The Morgan fingerprint density at radius 1 is 0.967 bits per heavy atom. The Labute approximate surface area is 179 Å². The number of carbonyl (C=O) groups is 1.